The fourth-order valence-corrected chi connectivity index (χ4v) is 5.97. The van der Waals surface area contributed by atoms with E-state index in [1.165, 1.54) is 48.8 Å². The molecule has 1 aromatic heterocycles. The van der Waals surface area contributed by atoms with Gasteiger partial charge in [0.05, 0.1) is 7.05 Å². The van der Waals surface area contributed by atoms with E-state index in [0.717, 1.165) is 17.8 Å². The van der Waals surface area contributed by atoms with Gasteiger partial charge in [-0.3, -0.25) is 0 Å². The molecule has 4 aliphatic rings. The molecule has 0 aliphatic heterocycles. The van der Waals surface area contributed by atoms with Crippen LogP contribution in [0.2, 0.25) is 0 Å². The second-order valence-corrected chi connectivity index (χ2v) is 8.40. The van der Waals surface area contributed by atoms with Crippen LogP contribution in [0, 0.1) is 27.9 Å². The number of benzene rings is 1. The molecule has 4 aliphatic carbocycles. The molecule has 4 fully saturated rings. The standard InChI is InChI=1S/C19H22N4O3/c1-22-18(20-17(21-22)23(24)25)26-16-4-2-15(3-5-16)19-9-12-6-13(10-19)8-14(7-12)11-19/h2-5,12-14H,6-11H2,1H3. The van der Waals surface area contributed by atoms with Gasteiger partial charge in [-0.2, -0.15) is 0 Å². The number of nitrogens with zero attached hydrogens (tertiary/aromatic N) is 4. The van der Waals surface area contributed by atoms with Crippen molar-refractivity contribution in [2.45, 2.75) is 43.9 Å². The lowest BCUT2D eigenvalue weighted by atomic mass is 9.48. The highest BCUT2D eigenvalue weighted by atomic mass is 16.6. The molecule has 0 unspecified atom stereocenters. The molecule has 1 aromatic carbocycles. The third-order valence-electron chi connectivity index (χ3n) is 6.59. The molecule has 1 heterocycles. The largest absolute Gasteiger partial charge is 0.494 e. The van der Waals surface area contributed by atoms with Crippen LogP contribution in [0.5, 0.6) is 11.8 Å². The average Bonchev–Trinajstić information content (AvgIpc) is 2.95. The SMILES string of the molecule is Cn1nc([N+](=O)[O-])nc1Oc1ccc(C23CC4CC(CC(C4)C2)C3)cc1. The van der Waals surface area contributed by atoms with Crippen molar-refractivity contribution in [2.75, 3.05) is 0 Å². The van der Waals surface area contributed by atoms with Crippen molar-refractivity contribution < 1.29 is 9.66 Å². The van der Waals surface area contributed by atoms with E-state index in [4.69, 9.17) is 4.74 Å². The number of aryl methyl sites for hydroxylation is 1. The molecule has 2 aromatic rings. The summed E-state index contributed by atoms with van der Waals surface area (Å²) in [6.07, 6.45) is 8.29. The first-order valence-electron chi connectivity index (χ1n) is 9.34. The first-order valence-corrected chi connectivity index (χ1v) is 9.34. The molecule has 0 saturated heterocycles. The Hall–Kier alpha value is -2.44. The molecule has 4 bridgehead atoms. The molecule has 7 heteroatoms. The smallest absolute Gasteiger partial charge is 0.411 e. The highest BCUT2D eigenvalue weighted by molar-refractivity contribution is 5.35. The van der Waals surface area contributed by atoms with Gasteiger partial charge < -0.3 is 14.9 Å². The molecule has 0 spiro atoms. The van der Waals surface area contributed by atoms with Gasteiger partial charge in [0, 0.05) is 5.10 Å². The van der Waals surface area contributed by atoms with E-state index in [2.05, 4.69) is 22.2 Å². The van der Waals surface area contributed by atoms with E-state index in [9.17, 15) is 10.1 Å². The Morgan fingerprint density at radius 2 is 1.69 bits per heavy atom. The number of ether oxygens (including phenoxy) is 1. The van der Waals surface area contributed by atoms with Crippen molar-refractivity contribution in [3.05, 3.63) is 39.9 Å². The minimum atomic E-state index is -0.622. The summed E-state index contributed by atoms with van der Waals surface area (Å²) in [5.74, 6) is 2.92. The zero-order chi connectivity index (χ0) is 17.9. The number of hydrogen-bond donors (Lipinski definition) is 0. The van der Waals surface area contributed by atoms with Crippen LogP contribution < -0.4 is 4.74 Å². The van der Waals surface area contributed by atoms with Gasteiger partial charge >= 0.3 is 12.0 Å². The molecule has 0 radical (unpaired) electrons. The third kappa shape index (κ3) is 2.48. The summed E-state index contributed by atoms with van der Waals surface area (Å²) < 4.78 is 6.98. The predicted octanol–water partition coefficient (Wildman–Crippen LogP) is 3.98. The van der Waals surface area contributed by atoms with Gasteiger partial charge in [-0.1, -0.05) is 12.1 Å². The maximum Gasteiger partial charge on any atom is 0.494 e. The number of nitro groups is 1. The normalized spacial score (nSPS) is 32.0. The van der Waals surface area contributed by atoms with E-state index in [-0.39, 0.29) is 6.01 Å². The summed E-state index contributed by atoms with van der Waals surface area (Å²) in [5.41, 5.74) is 1.78. The molecule has 0 N–H and O–H groups in total. The quantitative estimate of drug-likeness (QED) is 0.612. The van der Waals surface area contributed by atoms with Crippen molar-refractivity contribution in [1.82, 2.24) is 14.8 Å². The zero-order valence-corrected chi connectivity index (χ0v) is 14.8. The Kier molecular flexibility index (Phi) is 3.36. The molecular weight excluding hydrogens is 332 g/mol. The Morgan fingerprint density at radius 1 is 1.12 bits per heavy atom. The molecule has 4 saturated carbocycles. The molecule has 6 rings (SSSR count). The summed E-state index contributed by atoms with van der Waals surface area (Å²) in [7, 11) is 1.58. The Morgan fingerprint density at radius 3 is 2.19 bits per heavy atom. The average molecular weight is 354 g/mol. The second-order valence-electron chi connectivity index (χ2n) is 8.40. The molecule has 26 heavy (non-hydrogen) atoms. The lowest BCUT2D eigenvalue weighted by Crippen LogP contribution is -2.48. The lowest BCUT2D eigenvalue weighted by Gasteiger charge is -2.57. The van der Waals surface area contributed by atoms with Crippen LogP contribution in [0.1, 0.15) is 44.1 Å². The summed E-state index contributed by atoms with van der Waals surface area (Å²) in [6.45, 7) is 0. The van der Waals surface area contributed by atoms with Crippen LogP contribution in [0.3, 0.4) is 0 Å². The van der Waals surface area contributed by atoms with Gasteiger partial charge in [0.2, 0.25) is 0 Å². The second kappa shape index (κ2) is 5.53. The zero-order valence-electron chi connectivity index (χ0n) is 14.8. The first kappa shape index (κ1) is 15.8. The van der Waals surface area contributed by atoms with Crippen LogP contribution >= 0.6 is 0 Å². The van der Waals surface area contributed by atoms with Gasteiger partial charge in [-0.25, -0.2) is 0 Å². The van der Waals surface area contributed by atoms with E-state index in [1.807, 2.05) is 12.1 Å². The van der Waals surface area contributed by atoms with Crippen molar-refractivity contribution in [3.63, 3.8) is 0 Å². The van der Waals surface area contributed by atoms with Gasteiger partial charge in [0.25, 0.3) is 0 Å². The van der Waals surface area contributed by atoms with Gasteiger partial charge in [0.1, 0.15) is 5.75 Å². The summed E-state index contributed by atoms with van der Waals surface area (Å²) in [5, 5.41) is 14.5. The van der Waals surface area contributed by atoms with Crippen molar-refractivity contribution in [1.29, 1.82) is 0 Å². The summed E-state index contributed by atoms with van der Waals surface area (Å²) >= 11 is 0. The van der Waals surface area contributed by atoms with E-state index in [0.29, 0.717) is 11.2 Å². The number of hydrogen-bond acceptors (Lipinski definition) is 5. The fourth-order valence-electron chi connectivity index (χ4n) is 5.97. The molecule has 0 amide bonds. The minimum absolute atomic E-state index is 0.124. The van der Waals surface area contributed by atoms with Crippen molar-refractivity contribution >= 4 is 5.95 Å². The first-order chi connectivity index (χ1) is 12.5. The molecule has 7 nitrogen and oxygen atoms in total. The van der Waals surface area contributed by atoms with Crippen molar-refractivity contribution in [2.24, 2.45) is 24.8 Å². The van der Waals surface area contributed by atoms with Gasteiger partial charge in [-0.05, 0) is 89.3 Å². The number of rotatable bonds is 4. The third-order valence-corrected chi connectivity index (χ3v) is 6.59. The van der Waals surface area contributed by atoms with E-state index in [1.54, 1.807) is 7.05 Å². The van der Waals surface area contributed by atoms with Crippen LogP contribution in [0.15, 0.2) is 24.3 Å². The molecular formula is C19H22N4O3. The van der Waals surface area contributed by atoms with Crippen LogP contribution in [0.4, 0.5) is 5.95 Å². The molecule has 136 valence electrons. The lowest BCUT2D eigenvalue weighted by molar-refractivity contribution is -0.394. The Labute approximate surface area is 151 Å². The Balaban J connectivity index is 1.37. The van der Waals surface area contributed by atoms with Gasteiger partial charge in [0.15, 0.2) is 0 Å². The van der Waals surface area contributed by atoms with Crippen LogP contribution in [-0.4, -0.2) is 19.7 Å². The predicted molar refractivity (Wildman–Crippen MR) is 94.0 cm³/mol. The monoisotopic (exact) mass is 354 g/mol. The van der Waals surface area contributed by atoms with Crippen LogP contribution in [0.25, 0.3) is 0 Å². The van der Waals surface area contributed by atoms with E-state index >= 15 is 0 Å². The number of aromatic nitrogens is 3. The topological polar surface area (TPSA) is 83.1 Å². The highest BCUT2D eigenvalue weighted by Crippen LogP contribution is 2.60. The maximum absolute atomic E-state index is 10.8. The Bertz CT molecular complexity index is 823. The van der Waals surface area contributed by atoms with Gasteiger partial charge in [-0.15, -0.1) is 4.68 Å². The summed E-state index contributed by atoms with van der Waals surface area (Å²) in [4.78, 5) is 14.0. The molecule has 0 atom stereocenters. The van der Waals surface area contributed by atoms with Crippen molar-refractivity contribution in [3.8, 4) is 11.8 Å². The van der Waals surface area contributed by atoms with Crippen LogP contribution in [-0.2, 0) is 12.5 Å². The van der Waals surface area contributed by atoms with E-state index < -0.39 is 10.9 Å². The maximum atomic E-state index is 10.8. The summed E-state index contributed by atoms with van der Waals surface area (Å²) in [6, 6.07) is 8.38. The minimum Gasteiger partial charge on any atom is -0.411 e. The fraction of sp³-hybridized carbons (Fsp3) is 0.579. The highest BCUT2D eigenvalue weighted by Gasteiger charge is 2.51.